The quantitative estimate of drug-likeness (QED) is 0.792. The molecule has 0 unspecified atom stereocenters. The third-order valence-corrected chi connectivity index (χ3v) is 2.77. The monoisotopic (exact) mass is 190 g/mol. The van der Waals surface area contributed by atoms with Crippen LogP contribution in [0.3, 0.4) is 0 Å². The third-order valence-electron chi connectivity index (χ3n) is 2.77. The molecule has 14 heavy (non-hydrogen) atoms. The van der Waals surface area contributed by atoms with Gasteiger partial charge in [0.25, 0.3) is 0 Å². The molecule has 0 saturated heterocycles. The molecule has 1 aliphatic carbocycles. The maximum atomic E-state index is 11.1. The molecule has 2 rings (SSSR count). The summed E-state index contributed by atoms with van der Waals surface area (Å²) < 4.78 is 0. The van der Waals surface area contributed by atoms with Crippen molar-refractivity contribution in [3.05, 3.63) is 35.9 Å². The van der Waals surface area contributed by atoms with Crippen LogP contribution in [-0.2, 0) is 4.79 Å². The van der Waals surface area contributed by atoms with Crippen molar-refractivity contribution in [2.75, 3.05) is 0 Å². The zero-order valence-electron chi connectivity index (χ0n) is 8.02. The van der Waals surface area contributed by atoms with E-state index in [-0.39, 0.29) is 5.92 Å². The number of aliphatic carboxylic acids is 1. The number of carboxylic acid groups (broad SMARTS) is 1. The molecule has 1 saturated carbocycles. The molecule has 0 heterocycles. The molecule has 1 N–H and O–H groups in total. The summed E-state index contributed by atoms with van der Waals surface area (Å²) >= 11 is 0. The van der Waals surface area contributed by atoms with E-state index in [0.717, 1.165) is 12.0 Å². The SMILES string of the molecule is O=C(O)[C@H](CC1CC1)c1ccccc1. The molecule has 0 aliphatic heterocycles. The summed E-state index contributed by atoms with van der Waals surface area (Å²) in [6.07, 6.45) is 3.21. The van der Waals surface area contributed by atoms with Gasteiger partial charge >= 0.3 is 5.97 Å². The second kappa shape index (κ2) is 3.82. The molecule has 1 fully saturated rings. The molecule has 0 aromatic heterocycles. The van der Waals surface area contributed by atoms with Crippen LogP contribution in [0.5, 0.6) is 0 Å². The minimum absolute atomic E-state index is 0.302. The van der Waals surface area contributed by atoms with Crippen molar-refractivity contribution in [3.8, 4) is 0 Å². The molecule has 1 aliphatic rings. The Morgan fingerprint density at radius 2 is 2.00 bits per heavy atom. The zero-order chi connectivity index (χ0) is 9.97. The van der Waals surface area contributed by atoms with Crippen molar-refractivity contribution in [1.82, 2.24) is 0 Å². The van der Waals surface area contributed by atoms with Gasteiger partial charge in [0.1, 0.15) is 0 Å². The maximum absolute atomic E-state index is 11.1. The predicted molar refractivity (Wildman–Crippen MR) is 54.2 cm³/mol. The fraction of sp³-hybridized carbons (Fsp3) is 0.417. The first-order chi connectivity index (χ1) is 6.77. The summed E-state index contributed by atoms with van der Waals surface area (Å²) in [5.41, 5.74) is 0.937. The molecule has 74 valence electrons. The number of hydrogen-bond acceptors (Lipinski definition) is 1. The van der Waals surface area contributed by atoms with E-state index in [1.807, 2.05) is 30.3 Å². The standard InChI is InChI=1S/C12H14O2/c13-12(14)11(8-9-6-7-9)10-4-2-1-3-5-10/h1-5,9,11H,6-8H2,(H,13,14)/t11-/m1/s1. The van der Waals surface area contributed by atoms with Crippen molar-refractivity contribution < 1.29 is 9.90 Å². The third kappa shape index (κ3) is 2.13. The summed E-state index contributed by atoms with van der Waals surface area (Å²) in [7, 11) is 0. The van der Waals surface area contributed by atoms with Crippen LogP contribution in [0.2, 0.25) is 0 Å². The topological polar surface area (TPSA) is 37.3 Å². The van der Waals surface area contributed by atoms with Crippen LogP contribution in [0.25, 0.3) is 0 Å². The minimum atomic E-state index is -0.692. The van der Waals surface area contributed by atoms with Gasteiger partial charge in [-0.05, 0) is 17.9 Å². The Kier molecular flexibility index (Phi) is 2.53. The highest BCUT2D eigenvalue weighted by atomic mass is 16.4. The Labute approximate surface area is 83.6 Å². The van der Waals surface area contributed by atoms with E-state index < -0.39 is 5.97 Å². The van der Waals surface area contributed by atoms with Crippen molar-refractivity contribution in [1.29, 1.82) is 0 Å². The van der Waals surface area contributed by atoms with Gasteiger partial charge in [-0.15, -0.1) is 0 Å². The molecule has 1 atom stereocenters. The molecule has 0 spiro atoms. The van der Waals surface area contributed by atoms with Gasteiger partial charge in [0.15, 0.2) is 0 Å². The van der Waals surface area contributed by atoms with Crippen molar-refractivity contribution in [2.24, 2.45) is 5.92 Å². The Morgan fingerprint density at radius 1 is 1.36 bits per heavy atom. The molecular formula is C12H14O2. The Hall–Kier alpha value is -1.31. The van der Waals surface area contributed by atoms with Crippen LogP contribution >= 0.6 is 0 Å². The minimum Gasteiger partial charge on any atom is -0.481 e. The number of benzene rings is 1. The van der Waals surface area contributed by atoms with E-state index in [0.29, 0.717) is 5.92 Å². The molecule has 1 aromatic rings. The first-order valence-corrected chi connectivity index (χ1v) is 5.05. The maximum Gasteiger partial charge on any atom is 0.310 e. The highest BCUT2D eigenvalue weighted by Crippen LogP contribution is 2.38. The van der Waals surface area contributed by atoms with Crippen LogP contribution in [0.15, 0.2) is 30.3 Å². The number of carbonyl (C=O) groups is 1. The van der Waals surface area contributed by atoms with Crippen LogP contribution in [0, 0.1) is 5.92 Å². The fourth-order valence-electron chi connectivity index (χ4n) is 1.75. The first-order valence-electron chi connectivity index (χ1n) is 5.05. The molecule has 2 heteroatoms. The zero-order valence-corrected chi connectivity index (χ0v) is 8.02. The van der Waals surface area contributed by atoms with Gasteiger partial charge in [0.05, 0.1) is 5.92 Å². The van der Waals surface area contributed by atoms with Gasteiger partial charge < -0.3 is 5.11 Å². The molecular weight excluding hydrogens is 176 g/mol. The second-order valence-corrected chi connectivity index (χ2v) is 3.98. The number of carboxylic acids is 1. The van der Waals surface area contributed by atoms with E-state index in [9.17, 15) is 4.79 Å². The highest BCUT2D eigenvalue weighted by Gasteiger charge is 2.29. The van der Waals surface area contributed by atoms with E-state index >= 15 is 0 Å². The van der Waals surface area contributed by atoms with Gasteiger partial charge in [-0.2, -0.15) is 0 Å². The van der Waals surface area contributed by atoms with E-state index in [1.54, 1.807) is 0 Å². The summed E-state index contributed by atoms with van der Waals surface area (Å²) in [5, 5.41) is 9.10. The normalized spacial score (nSPS) is 17.7. The van der Waals surface area contributed by atoms with Crippen LogP contribution < -0.4 is 0 Å². The van der Waals surface area contributed by atoms with E-state index in [1.165, 1.54) is 12.8 Å². The van der Waals surface area contributed by atoms with Crippen molar-refractivity contribution in [3.63, 3.8) is 0 Å². The largest absolute Gasteiger partial charge is 0.481 e. The van der Waals surface area contributed by atoms with Gasteiger partial charge in [0.2, 0.25) is 0 Å². The lowest BCUT2D eigenvalue weighted by Crippen LogP contribution is -2.12. The lowest BCUT2D eigenvalue weighted by atomic mass is 9.94. The predicted octanol–water partition coefficient (Wildman–Crippen LogP) is 2.65. The Balaban J connectivity index is 2.13. The number of rotatable bonds is 4. The lowest BCUT2D eigenvalue weighted by molar-refractivity contribution is -0.139. The highest BCUT2D eigenvalue weighted by molar-refractivity contribution is 5.76. The second-order valence-electron chi connectivity index (χ2n) is 3.98. The summed E-state index contributed by atoms with van der Waals surface area (Å²) in [5.74, 6) is -0.344. The van der Waals surface area contributed by atoms with Gasteiger partial charge in [-0.25, -0.2) is 0 Å². The van der Waals surface area contributed by atoms with Crippen LogP contribution in [-0.4, -0.2) is 11.1 Å². The average molecular weight is 190 g/mol. The van der Waals surface area contributed by atoms with Gasteiger partial charge in [0, 0.05) is 0 Å². The molecule has 1 aromatic carbocycles. The molecule has 0 amide bonds. The van der Waals surface area contributed by atoms with Gasteiger partial charge in [-0.3, -0.25) is 4.79 Å². The Bertz CT molecular complexity index is 314. The first kappa shape index (κ1) is 9.25. The summed E-state index contributed by atoms with van der Waals surface area (Å²) in [6, 6.07) is 9.53. The van der Waals surface area contributed by atoms with E-state index in [4.69, 9.17) is 5.11 Å². The Morgan fingerprint density at radius 3 is 2.50 bits per heavy atom. The fourth-order valence-corrected chi connectivity index (χ4v) is 1.75. The lowest BCUT2D eigenvalue weighted by Gasteiger charge is -2.11. The molecule has 2 nitrogen and oxygen atoms in total. The van der Waals surface area contributed by atoms with Crippen LogP contribution in [0.4, 0.5) is 0 Å². The van der Waals surface area contributed by atoms with Crippen molar-refractivity contribution in [2.45, 2.75) is 25.2 Å². The average Bonchev–Trinajstić information content (AvgIpc) is 2.99. The summed E-state index contributed by atoms with van der Waals surface area (Å²) in [6.45, 7) is 0. The summed E-state index contributed by atoms with van der Waals surface area (Å²) in [4.78, 5) is 11.1. The van der Waals surface area contributed by atoms with Crippen molar-refractivity contribution >= 4 is 5.97 Å². The van der Waals surface area contributed by atoms with Gasteiger partial charge in [-0.1, -0.05) is 43.2 Å². The van der Waals surface area contributed by atoms with E-state index in [2.05, 4.69) is 0 Å². The molecule has 0 radical (unpaired) electrons. The van der Waals surface area contributed by atoms with Crippen LogP contribution in [0.1, 0.15) is 30.7 Å². The molecule has 0 bridgehead atoms. The smallest absolute Gasteiger partial charge is 0.310 e. The number of hydrogen-bond donors (Lipinski definition) is 1.